The third-order valence-corrected chi connectivity index (χ3v) is 5.63. The average Bonchev–Trinajstić information content (AvgIpc) is 2.89. The molecule has 0 radical (unpaired) electrons. The fourth-order valence-electron chi connectivity index (χ4n) is 3.63. The summed E-state index contributed by atoms with van der Waals surface area (Å²) >= 11 is 0. The SMILES string of the molecule is CCC(F)(F)c1ccc(CC(=O)Nc2ccc(-c3nccnc3NCc3ccccc3)cc2)cc1. The summed E-state index contributed by atoms with van der Waals surface area (Å²) in [5, 5.41) is 6.18. The van der Waals surface area contributed by atoms with Crippen molar-refractivity contribution in [1.82, 2.24) is 9.97 Å². The number of anilines is 2. The molecule has 0 bridgehead atoms. The number of halogens is 2. The Kier molecular flexibility index (Phi) is 7.45. The summed E-state index contributed by atoms with van der Waals surface area (Å²) < 4.78 is 27.6. The van der Waals surface area contributed by atoms with Gasteiger partial charge in [0.05, 0.1) is 6.42 Å². The van der Waals surface area contributed by atoms with Gasteiger partial charge in [-0.3, -0.25) is 9.78 Å². The molecule has 1 aromatic heterocycles. The molecule has 4 rings (SSSR count). The van der Waals surface area contributed by atoms with Gasteiger partial charge < -0.3 is 10.6 Å². The lowest BCUT2D eigenvalue weighted by Gasteiger charge is -2.14. The third kappa shape index (κ3) is 6.26. The van der Waals surface area contributed by atoms with E-state index in [1.807, 2.05) is 42.5 Å². The van der Waals surface area contributed by atoms with E-state index in [1.165, 1.54) is 19.1 Å². The van der Waals surface area contributed by atoms with Crippen molar-refractivity contribution in [3.8, 4) is 11.3 Å². The first-order chi connectivity index (χ1) is 16.9. The molecule has 178 valence electrons. The summed E-state index contributed by atoms with van der Waals surface area (Å²) in [5.74, 6) is -2.41. The van der Waals surface area contributed by atoms with Crippen molar-refractivity contribution >= 4 is 17.4 Å². The monoisotopic (exact) mass is 472 g/mol. The molecule has 0 aliphatic rings. The normalized spacial score (nSPS) is 11.2. The Morgan fingerprint density at radius 3 is 2.23 bits per heavy atom. The Morgan fingerprint density at radius 2 is 1.54 bits per heavy atom. The number of hydrogen-bond donors (Lipinski definition) is 2. The van der Waals surface area contributed by atoms with Crippen molar-refractivity contribution < 1.29 is 13.6 Å². The van der Waals surface area contributed by atoms with Crippen LogP contribution in [0.5, 0.6) is 0 Å². The van der Waals surface area contributed by atoms with E-state index in [-0.39, 0.29) is 24.3 Å². The second-order valence-electron chi connectivity index (χ2n) is 8.15. The van der Waals surface area contributed by atoms with Crippen molar-refractivity contribution in [2.45, 2.75) is 32.2 Å². The molecule has 4 aromatic rings. The summed E-state index contributed by atoms with van der Waals surface area (Å²) in [7, 11) is 0. The van der Waals surface area contributed by atoms with Gasteiger partial charge in [0.2, 0.25) is 5.91 Å². The summed E-state index contributed by atoms with van der Waals surface area (Å²) in [6.45, 7) is 2.07. The van der Waals surface area contributed by atoms with E-state index >= 15 is 0 Å². The Labute approximate surface area is 203 Å². The van der Waals surface area contributed by atoms with Gasteiger partial charge in [-0.15, -0.1) is 0 Å². The van der Waals surface area contributed by atoms with E-state index in [0.29, 0.717) is 29.3 Å². The van der Waals surface area contributed by atoms with Crippen LogP contribution in [-0.2, 0) is 23.7 Å². The van der Waals surface area contributed by atoms with Gasteiger partial charge >= 0.3 is 0 Å². The highest BCUT2D eigenvalue weighted by atomic mass is 19.3. The van der Waals surface area contributed by atoms with Gasteiger partial charge in [0, 0.05) is 42.2 Å². The van der Waals surface area contributed by atoms with Crippen LogP contribution in [0.2, 0.25) is 0 Å². The van der Waals surface area contributed by atoms with Gasteiger partial charge in [-0.05, 0) is 23.3 Å². The molecule has 7 heteroatoms. The third-order valence-electron chi connectivity index (χ3n) is 5.63. The molecule has 5 nitrogen and oxygen atoms in total. The minimum Gasteiger partial charge on any atom is -0.364 e. The van der Waals surface area contributed by atoms with Crippen LogP contribution in [0.3, 0.4) is 0 Å². The zero-order chi connectivity index (χ0) is 24.7. The minimum atomic E-state index is -2.86. The largest absolute Gasteiger partial charge is 0.364 e. The standard InChI is InChI=1S/C28H26F2N4O/c1-2-28(29,30)23-12-8-20(9-13-23)18-25(35)34-24-14-10-22(11-15-24)26-27(32-17-16-31-26)33-19-21-6-4-3-5-7-21/h3-17H,2,18-19H2,1H3,(H,32,33)(H,34,35). The number of benzene rings is 3. The fourth-order valence-corrected chi connectivity index (χ4v) is 3.63. The summed E-state index contributed by atoms with van der Waals surface area (Å²) in [6, 6.07) is 23.3. The lowest BCUT2D eigenvalue weighted by Crippen LogP contribution is -2.15. The first-order valence-electron chi connectivity index (χ1n) is 11.4. The molecule has 0 aliphatic carbocycles. The van der Waals surface area contributed by atoms with E-state index in [0.717, 1.165) is 11.1 Å². The maximum atomic E-state index is 13.8. The molecule has 0 atom stereocenters. The molecule has 0 saturated heterocycles. The summed E-state index contributed by atoms with van der Waals surface area (Å²) in [6.07, 6.45) is 3.11. The van der Waals surface area contributed by atoms with Crippen molar-refractivity contribution in [1.29, 1.82) is 0 Å². The molecule has 0 fully saturated rings. The second-order valence-corrected chi connectivity index (χ2v) is 8.15. The first-order valence-corrected chi connectivity index (χ1v) is 11.4. The Morgan fingerprint density at radius 1 is 0.857 bits per heavy atom. The van der Waals surface area contributed by atoms with Crippen LogP contribution in [0.4, 0.5) is 20.3 Å². The average molecular weight is 473 g/mol. The number of rotatable bonds is 9. The van der Waals surface area contributed by atoms with Crippen molar-refractivity contribution in [2.75, 3.05) is 10.6 Å². The number of amides is 1. The lowest BCUT2D eigenvalue weighted by atomic mass is 10.0. The fraction of sp³-hybridized carbons (Fsp3) is 0.179. The topological polar surface area (TPSA) is 66.9 Å². The molecular formula is C28H26F2N4O. The highest BCUT2D eigenvalue weighted by Crippen LogP contribution is 2.31. The number of nitrogens with zero attached hydrogens (tertiary/aromatic N) is 2. The Hall–Kier alpha value is -4.13. The Bertz CT molecular complexity index is 1260. The molecular weight excluding hydrogens is 446 g/mol. The van der Waals surface area contributed by atoms with Crippen molar-refractivity contribution in [3.63, 3.8) is 0 Å². The summed E-state index contributed by atoms with van der Waals surface area (Å²) in [4.78, 5) is 21.4. The van der Waals surface area contributed by atoms with E-state index in [9.17, 15) is 13.6 Å². The smallest absolute Gasteiger partial charge is 0.273 e. The molecule has 0 saturated carbocycles. The van der Waals surface area contributed by atoms with Gasteiger partial charge in [0.25, 0.3) is 5.92 Å². The lowest BCUT2D eigenvalue weighted by molar-refractivity contribution is -0.115. The van der Waals surface area contributed by atoms with Crippen LogP contribution in [-0.4, -0.2) is 15.9 Å². The van der Waals surface area contributed by atoms with Gasteiger partial charge in [-0.1, -0.05) is 73.7 Å². The number of nitrogens with one attached hydrogen (secondary N) is 2. The molecule has 0 aliphatic heterocycles. The van der Waals surface area contributed by atoms with E-state index < -0.39 is 5.92 Å². The highest BCUT2D eigenvalue weighted by Gasteiger charge is 2.28. The predicted molar refractivity (Wildman–Crippen MR) is 134 cm³/mol. The maximum Gasteiger partial charge on any atom is 0.273 e. The van der Waals surface area contributed by atoms with Gasteiger partial charge in [-0.25, -0.2) is 13.8 Å². The van der Waals surface area contributed by atoms with Crippen LogP contribution in [0.1, 0.15) is 30.0 Å². The molecule has 35 heavy (non-hydrogen) atoms. The van der Waals surface area contributed by atoms with Crippen LogP contribution in [0.25, 0.3) is 11.3 Å². The highest BCUT2D eigenvalue weighted by molar-refractivity contribution is 5.92. The molecule has 1 amide bonds. The number of alkyl halides is 2. The second kappa shape index (κ2) is 10.9. The maximum absolute atomic E-state index is 13.8. The number of carbonyl (C=O) groups excluding carboxylic acids is 1. The van der Waals surface area contributed by atoms with E-state index in [4.69, 9.17) is 0 Å². The zero-order valence-electron chi connectivity index (χ0n) is 19.3. The molecule has 0 unspecified atom stereocenters. The number of hydrogen-bond acceptors (Lipinski definition) is 4. The van der Waals surface area contributed by atoms with Crippen LogP contribution < -0.4 is 10.6 Å². The van der Waals surface area contributed by atoms with Crippen LogP contribution in [0.15, 0.2) is 91.3 Å². The van der Waals surface area contributed by atoms with E-state index in [2.05, 4.69) is 20.6 Å². The van der Waals surface area contributed by atoms with Crippen molar-refractivity contribution in [2.24, 2.45) is 0 Å². The number of aromatic nitrogens is 2. The van der Waals surface area contributed by atoms with Crippen molar-refractivity contribution in [3.05, 3.63) is 108 Å². The molecule has 0 spiro atoms. The molecule has 1 heterocycles. The predicted octanol–water partition coefficient (Wildman–Crippen LogP) is 6.44. The Balaban J connectivity index is 1.38. The van der Waals surface area contributed by atoms with Gasteiger partial charge in [0.1, 0.15) is 5.69 Å². The van der Waals surface area contributed by atoms with Crippen LogP contribution >= 0.6 is 0 Å². The van der Waals surface area contributed by atoms with E-state index in [1.54, 1.807) is 36.7 Å². The molecule has 2 N–H and O–H groups in total. The molecule has 3 aromatic carbocycles. The van der Waals surface area contributed by atoms with Gasteiger partial charge in [0.15, 0.2) is 5.82 Å². The minimum absolute atomic E-state index is 0.0404. The quantitative estimate of drug-likeness (QED) is 0.294. The van der Waals surface area contributed by atoms with Gasteiger partial charge in [-0.2, -0.15) is 0 Å². The van der Waals surface area contributed by atoms with Crippen LogP contribution in [0, 0.1) is 0 Å². The number of carbonyl (C=O) groups is 1. The zero-order valence-corrected chi connectivity index (χ0v) is 19.3. The summed E-state index contributed by atoms with van der Waals surface area (Å²) in [5.41, 5.74) is 3.97. The first kappa shape index (κ1) is 24.0.